The fourth-order valence-corrected chi connectivity index (χ4v) is 3.23. The molecule has 0 saturated heterocycles. The van der Waals surface area contributed by atoms with Crippen LogP contribution in [0.25, 0.3) is 0 Å². The lowest BCUT2D eigenvalue weighted by Gasteiger charge is -2.26. The summed E-state index contributed by atoms with van der Waals surface area (Å²) in [7, 11) is -3.25. The van der Waals surface area contributed by atoms with Crippen molar-refractivity contribution in [3.63, 3.8) is 0 Å². The molecule has 0 amide bonds. The number of anilines is 1. The SMILES string of the molecule is CS(=O)(=O)c1cccnc1NC1CCC(Cl)CC1. The van der Waals surface area contributed by atoms with Crippen molar-refractivity contribution in [2.24, 2.45) is 0 Å². The Labute approximate surface area is 113 Å². The highest BCUT2D eigenvalue weighted by Crippen LogP contribution is 2.27. The quantitative estimate of drug-likeness (QED) is 0.868. The molecule has 1 heterocycles. The number of rotatable bonds is 3. The van der Waals surface area contributed by atoms with E-state index in [0.717, 1.165) is 25.7 Å². The first-order valence-corrected chi connectivity index (χ1v) is 8.35. The van der Waals surface area contributed by atoms with Crippen LogP contribution < -0.4 is 5.32 Å². The minimum absolute atomic E-state index is 0.251. The van der Waals surface area contributed by atoms with Crippen molar-refractivity contribution >= 4 is 27.3 Å². The third-order valence-electron chi connectivity index (χ3n) is 3.17. The number of hydrogen-bond acceptors (Lipinski definition) is 4. The van der Waals surface area contributed by atoms with Gasteiger partial charge in [-0.25, -0.2) is 13.4 Å². The van der Waals surface area contributed by atoms with E-state index in [-0.39, 0.29) is 16.3 Å². The van der Waals surface area contributed by atoms with Crippen molar-refractivity contribution in [3.8, 4) is 0 Å². The fourth-order valence-electron chi connectivity index (χ4n) is 2.19. The van der Waals surface area contributed by atoms with Gasteiger partial charge in [-0.15, -0.1) is 11.6 Å². The zero-order valence-electron chi connectivity index (χ0n) is 10.3. The summed E-state index contributed by atoms with van der Waals surface area (Å²) in [5.41, 5.74) is 0. The van der Waals surface area contributed by atoms with E-state index < -0.39 is 9.84 Å². The normalized spacial score (nSPS) is 24.8. The molecule has 0 atom stereocenters. The van der Waals surface area contributed by atoms with E-state index in [4.69, 9.17) is 11.6 Å². The van der Waals surface area contributed by atoms with Crippen LogP contribution in [-0.2, 0) is 9.84 Å². The van der Waals surface area contributed by atoms with E-state index in [9.17, 15) is 8.42 Å². The van der Waals surface area contributed by atoms with Gasteiger partial charge in [-0.1, -0.05) is 0 Å². The number of alkyl halides is 1. The molecule has 0 bridgehead atoms. The number of sulfone groups is 1. The third-order valence-corrected chi connectivity index (χ3v) is 4.73. The first kappa shape index (κ1) is 13.6. The second kappa shape index (κ2) is 5.45. The van der Waals surface area contributed by atoms with Gasteiger partial charge in [-0.3, -0.25) is 0 Å². The Balaban J connectivity index is 2.15. The summed E-state index contributed by atoms with van der Waals surface area (Å²) in [5.74, 6) is 0.457. The summed E-state index contributed by atoms with van der Waals surface area (Å²) in [5, 5.41) is 3.48. The largest absolute Gasteiger partial charge is 0.366 e. The molecule has 2 rings (SSSR count). The Morgan fingerprint density at radius 1 is 1.33 bits per heavy atom. The Morgan fingerprint density at radius 3 is 2.61 bits per heavy atom. The van der Waals surface area contributed by atoms with Crippen molar-refractivity contribution in [2.75, 3.05) is 11.6 Å². The zero-order valence-corrected chi connectivity index (χ0v) is 11.8. The van der Waals surface area contributed by atoms with Crippen LogP contribution >= 0.6 is 11.6 Å². The molecular weight excluding hydrogens is 272 g/mol. The van der Waals surface area contributed by atoms with E-state index >= 15 is 0 Å². The molecule has 6 heteroatoms. The Hall–Kier alpha value is -0.810. The van der Waals surface area contributed by atoms with Crippen LogP contribution in [-0.4, -0.2) is 31.1 Å². The smallest absolute Gasteiger partial charge is 0.179 e. The summed E-state index contributed by atoms with van der Waals surface area (Å²) < 4.78 is 23.3. The number of pyridine rings is 1. The van der Waals surface area contributed by atoms with Crippen molar-refractivity contribution < 1.29 is 8.42 Å². The molecule has 0 aliphatic heterocycles. The summed E-state index contributed by atoms with van der Waals surface area (Å²) in [4.78, 5) is 4.40. The molecule has 0 radical (unpaired) electrons. The summed E-state index contributed by atoms with van der Waals surface area (Å²) in [6, 6.07) is 3.48. The number of nitrogens with one attached hydrogen (secondary N) is 1. The van der Waals surface area contributed by atoms with Crippen LogP contribution in [0.5, 0.6) is 0 Å². The first-order chi connectivity index (χ1) is 8.47. The maximum atomic E-state index is 11.6. The topological polar surface area (TPSA) is 59.1 Å². The lowest BCUT2D eigenvalue weighted by Crippen LogP contribution is -2.27. The molecule has 1 fully saturated rings. The van der Waals surface area contributed by atoms with Crippen LogP contribution in [0.4, 0.5) is 5.82 Å². The maximum Gasteiger partial charge on any atom is 0.179 e. The van der Waals surface area contributed by atoms with Crippen LogP contribution in [0.15, 0.2) is 23.2 Å². The van der Waals surface area contributed by atoms with Crippen LogP contribution in [0.1, 0.15) is 25.7 Å². The van der Waals surface area contributed by atoms with Gasteiger partial charge in [0.2, 0.25) is 0 Å². The van der Waals surface area contributed by atoms with Crippen molar-refractivity contribution in [2.45, 2.75) is 42.0 Å². The van der Waals surface area contributed by atoms with Crippen molar-refractivity contribution in [1.29, 1.82) is 0 Å². The second-order valence-corrected chi connectivity index (χ2v) is 7.32. The van der Waals surface area contributed by atoms with Gasteiger partial charge < -0.3 is 5.32 Å². The average molecular weight is 289 g/mol. The Kier molecular flexibility index (Phi) is 4.12. The minimum atomic E-state index is -3.25. The molecule has 1 N–H and O–H groups in total. The molecule has 1 aliphatic carbocycles. The molecule has 0 spiro atoms. The molecule has 1 aliphatic rings. The number of hydrogen-bond donors (Lipinski definition) is 1. The molecular formula is C12H17ClN2O2S. The molecule has 1 saturated carbocycles. The standard InChI is InChI=1S/C12H17ClN2O2S/c1-18(16,17)11-3-2-8-14-12(11)15-10-6-4-9(13)5-7-10/h2-3,8-10H,4-7H2,1H3,(H,14,15). The lowest BCUT2D eigenvalue weighted by atomic mass is 9.95. The first-order valence-electron chi connectivity index (χ1n) is 6.02. The molecule has 18 heavy (non-hydrogen) atoms. The van der Waals surface area contributed by atoms with E-state index in [1.54, 1.807) is 18.3 Å². The van der Waals surface area contributed by atoms with Crippen LogP contribution in [0.2, 0.25) is 0 Å². The molecule has 100 valence electrons. The van der Waals surface area contributed by atoms with Gasteiger partial charge in [0, 0.05) is 23.9 Å². The Morgan fingerprint density at radius 2 is 2.00 bits per heavy atom. The van der Waals surface area contributed by atoms with Gasteiger partial charge in [0.25, 0.3) is 0 Å². The number of aromatic nitrogens is 1. The predicted molar refractivity (Wildman–Crippen MR) is 72.9 cm³/mol. The zero-order chi connectivity index (χ0) is 13.2. The van der Waals surface area contributed by atoms with Crippen LogP contribution in [0, 0.1) is 0 Å². The van der Waals surface area contributed by atoms with Gasteiger partial charge >= 0.3 is 0 Å². The van der Waals surface area contributed by atoms with E-state index in [1.165, 1.54) is 6.26 Å². The Bertz CT molecular complexity index is 511. The molecule has 1 aromatic rings. The molecule has 4 nitrogen and oxygen atoms in total. The molecule has 0 aromatic carbocycles. The van der Waals surface area contributed by atoms with Gasteiger partial charge in [0.15, 0.2) is 9.84 Å². The summed E-state index contributed by atoms with van der Waals surface area (Å²) in [6.45, 7) is 0. The predicted octanol–water partition coefficient (Wildman–Crippen LogP) is 2.45. The van der Waals surface area contributed by atoms with E-state index in [0.29, 0.717) is 5.82 Å². The highest BCUT2D eigenvalue weighted by Gasteiger charge is 2.22. The second-order valence-electron chi connectivity index (χ2n) is 4.72. The average Bonchev–Trinajstić information content (AvgIpc) is 2.31. The third kappa shape index (κ3) is 3.36. The van der Waals surface area contributed by atoms with Gasteiger partial charge in [-0.2, -0.15) is 0 Å². The van der Waals surface area contributed by atoms with E-state index in [2.05, 4.69) is 10.3 Å². The van der Waals surface area contributed by atoms with E-state index in [1.807, 2.05) is 0 Å². The molecule has 0 unspecified atom stereocenters. The van der Waals surface area contributed by atoms with Gasteiger partial charge in [-0.05, 0) is 37.8 Å². The highest BCUT2D eigenvalue weighted by atomic mass is 35.5. The fraction of sp³-hybridized carbons (Fsp3) is 0.583. The minimum Gasteiger partial charge on any atom is -0.366 e. The maximum absolute atomic E-state index is 11.6. The van der Waals surface area contributed by atoms with Gasteiger partial charge in [0.1, 0.15) is 10.7 Å². The van der Waals surface area contributed by atoms with Gasteiger partial charge in [0.05, 0.1) is 0 Å². The summed E-state index contributed by atoms with van der Waals surface area (Å²) >= 11 is 6.05. The number of halogens is 1. The monoisotopic (exact) mass is 288 g/mol. The summed E-state index contributed by atoms with van der Waals surface area (Å²) in [6.07, 6.45) is 6.62. The van der Waals surface area contributed by atoms with Crippen molar-refractivity contribution in [1.82, 2.24) is 4.98 Å². The highest BCUT2D eigenvalue weighted by molar-refractivity contribution is 7.90. The van der Waals surface area contributed by atoms with Crippen molar-refractivity contribution in [3.05, 3.63) is 18.3 Å². The number of nitrogens with zero attached hydrogens (tertiary/aromatic N) is 1. The molecule has 1 aromatic heterocycles. The lowest BCUT2D eigenvalue weighted by molar-refractivity contribution is 0.467. The van der Waals surface area contributed by atoms with Crippen LogP contribution in [0.3, 0.4) is 0 Å².